The van der Waals surface area contributed by atoms with E-state index in [0.29, 0.717) is 17.4 Å². The minimum Gasteiger partial charge on any atom is -0.353 e. The lowest BCUT2D eigenvalue weighted by molar-refractivity contribution is -0.121. The molecule has 0 bridgehead atoms. The molecule has 2 heterocycles. The number of aromatic nitrogens is 2. The van der Waals surface area contributed by atoms with E-state index < -0.39 is 11.2 Å². The van der Waals surface area contributed by atoms with Crippen molar-refractivity contribution >= 4 is 16.8 Å². The molecule has 0 saturated carbocycles. The van der Waals surface area contributed by atoms with Gasteiger partial charge in [0.05, 0.1) is 10.9 Å². The summed E-state index contributed by atoms with van der Waals surface area (Å²) in [7, 11) is 0. The molecule has 3 rings (SSSR count). The molecule has 116 valence electrons. The Kier molecular flexibility index (Phi) is 4.06. The van der Waals surface area contributed by atoms with Crippen LogP contribution in [0.3, 0.4) is 0 Å². The Hall–Kier alpha value is -2.41. The van der Waals surface area contributed by atoms with E-state index in [0.717, 1.165) is 24.0 Å². The second kappa shape index (κ2) is 6.15. The van der Waals surface area contributed by atoms with E-state index in [1.165, 1.54) is 0 Å². The average molecular weight is 302 g/mol. The molecule has 0 radical (unpaired) electrons. The Morgan fingerprint density at radius 2 is 2.14 bits per heavy atom. The Balaban J connectivity index is 1.77. The number of hydrogen-bond donors (Lipinski definition) is 3. The van der Waals surface area contributed by atoms with E-state index in [1.54, 1.807) is 24.3 Å². The molecule has 0 spiro atoms. The maximum Gasteiger partial charge on any atom is 0.329 e. The van der Waals surface area contributed by atoms with E-state index >= 15 is 0 Å². The molecule has 2 aromatic rings. The Bertz CT molecular complexity index is 802. The van der Waals surface area contributed by atoms with Gasteiger partial charge in [0.15, 0.2) is 0 Å². The standard InChI is InChI=1S/C15H18N4O3/c20-13(17-8-10-4-3-7-16-10)9-19-14(21)11-5-1-2-6-12(11)18-15(19)22/h1-2,5-6,10,16H,3-4,7-9H2,(H,17,20)(H,18,22). The van der Waals surface area contributed by atoms with Gasteiger partial charge >= 0.3 is 5.69 Å². The number of carbonyl (C=O) groups is 1. The summed E-state index contributed by atoms with van der Waals surface area (Å²) in [4.78, 5) is 38.8. The number of fused-ring (bicyclic) bond motifs is 1. The second-order valence-electron chi connectivity index (χ2n) is 5.46. The number of hydrogen-bond acceptors (Lipinski definition) is 4. The van der Waals surface area contributed by atoms with Crippen LogP contribution in [0.4, 0.5) is 0 Å². The van der Waals surface area contributed by atoms with Crippen molar-refractivity contribution in [2.45, 2.75) is 25.4 Å². The highest BCUT2D eigenvalue weighted by Gasteiger charge is 2.16. The minimum atomic E-state index is -0.571. The largest absolute Gasteiger partial charge is 0.353 e. The van der Waals surface area contributed by atoms with E-state index in [9.17, 15) is 14.4 Å². The maximum atomic E-state index is 12.3. The van der Waals surface area contributed by atoms with Crippen molar-refractivity contribution in [1.82, 2.24) is 20.2 Å². The smallest absolute Gasteiger partial charge is 0.329 e. The second-order valence-corrected chi connectivity index (χ2v) is 5.46. The number of carbonyl (C=O) groups excluding carboxylic acids is 1. The SMILES string of the molecule is O=C(Cn1c(=O)[nH]c2ccccc2c1=O)NCC1CCCN1. The highest BCUT2D eigenvalue weighted by atomic mass is 16.2. The highest BCUT2D eigenvalue weighted by molar-refractivity contribution is 5.78. The van der Waals surface area contributed by atoms with Crippen LogP contribution in [0.1, 0.15) is 12.8 Å². The first kappa shape index (κ1) is 14.5. The Labute approximate surface area is 126 Å². The Morgan fingerprint density at radius 3 is 2.91 bits per heavy atom. The predicted molar refractivity (Wildman–Crippen MR) is 82.9 cm³/mol. The number of rotatable bonds is 4. The monoisotopic (exact) mass is 302 g/mol. The molecular weight excluding hydrogens is 284 g/mol. The van der Waals surface area contributed by atoms with Crippen molar-refractivity contribution in [3.63, 3.8) is 0 Å². The van der Waals surface area contributed by atoms with Crippen LogP contribution in [-0.4, -0.2) is 34.6 Å². The molecule has 1 amide bonds. The van der Waals surface area contributed by atoms with E-state index in [-0.39, 0.29) is 18.5 Å². The van der Waals surface area contributed by atoms with Crippen LogP contribution in [0.15, 0.2) is 33.9 Å². The zero-order chi connectivity index (χ0) is 15.5. The molecule has 1 saturated heterocycles. The summed E-state index contributed by atoms with van der Waals surface area (Å²) in [5, 5.41) is 6.43. The van der Waals surface area contributed by atoms with Crippen LogP contribution in [0, 0.1) is 0 Å². The summed E-state index contributed by atoms with van der Waals surface area (Å²) in [5.74, 6) is -0.336. The lowest BCUT2D eigenvalue weighted by atomic mass is 10.2. The molecule has 1 aromatic carbocycles. The van der Waals surface area contributed by atoms with Crippen LogP contribution < -0.4 is 21.9 Å². The molecule has 7 nitrogen and oxygen atoms in total. The number of nitrogens with one attached hydrogen (secondary N) is 3. The third kappa shape index (κ3) is 2.94. The van der Waals surface area contributed by atoms with Gasteiger partial charge in [0.2, 0.25) is 5.91 Å². The fourth-order valence-electron chi connectivity index (χ4n) is 2.71. The normalized spacial score (nSPS) is 17.7. The summed E-state index contributed by atoms with van der Waals surface area (Å²) < 4.78 is 0.930. The van der Waals surface area contributed by atoms with Gasteiger partial charge in [-0.1, -0.05) is 12.1 Å². The molecule has 1 aliphatic heterocycles. The van der Waals surface area contributed by atoms with Gasteiger partial charge in [-0.15, -0.1) is 0 Å². The Morgan fingerprint density at radius 1 is 1.32 bits per heavy atom. The first-order valence-electron chi connectivity index (χ1n) is 7.37. The van der Waals surface area contributed by atoms with Crippen LogP contribution in [-0.2, 0) is 11.3 Å². The van der Waals surface area contributed by atoms with Gasteiger partial charge in [-0.25, -0.2) is 4.79 Å². The van der Waals surface area contributed by atoms with E-state index in [2.05, 4.69) is 15.6 Å². The van der Waals surface area contributed by atoms with Gasteiger partial charge in [0, 0.05) is 12.6 Å². The molecule has 1 atom stereocenters. The van der Waals surface area contributed by atoms with Gasteiger partial charge in [0.25, 0.3) is 5.56 Å². The molecule has 1 aromatic heterocycles. The van der Waals surface area contributed by atoms with Gasteiger partial charge < -0.3 is 15.6 Å². The average Bonchev–Trinajstić information content (AvgIpc) is 3.03. The summed E-state index contributed by atoms with van der Waals surface area (Å²) in [6, 6.07) is 7.02. The van der Waals surface area contributed by atoms with Crippen LogP contribution in [0.5, 0.6) is 0 Å². The van der Waals surface area contributed by atoms with Gasteiger partial charge in [-0.05, 0) is 31.5 Å². The summed E-state index contributed by atoms with van der Waals surface area (Å²) in [5.41, 5.74) is -0.546. The van der Waals surface area contributed by atoms with Crippen molar-refractivity contribution < 1.29 is 4.79 Å². The lowest BCUT2D eigenvalue weighted by Gasteiger charge is -2.12. The van der Waals surface area contributed by atoms with Crippen LogP contribution in [0.25, 0.3) is 10.9 Å². The van der Waals surface area contributed by atoms with Crippen molar-refractivity contribution in [1.29, 1.82) is 0 Å². The molecule has 1 unspecified atom stereocenters. The lowest BCUT2D eigenvalue weighted by Crippen LogP contribution is -2.43. The minimum absolute atomic E-state index is 0.272. The number of para-hydroxylation sites is 1. The molecular formula is C15H18N4O3. The number of H-pyrrole nitrogens is 1. The van der Waals surface area contributed by atoms with E-state index in [4.69, 9.17) is 0 Å². The van der Waals surface area contributed by atoms with Crippen LogP contribution in [0.2, 0.25) is 0 Å². The maximum absolute atomic E-state index is 12.3. The fourth-order valence-corrected chi connectivity index (χ4v) is 2.71. The molecule has 3 N–H and O–H groups in total. The van der Waals surface area contributed by atoms with Crippen LogP contribution >= 0.6 is 0 Å². The van der Waals surface area contributed by atoms with Gasteiger partial charge in [0.1, 0.15) is 6.54 Å². The molecule has 1 fully saturated rings. The predicted octanol–water partition coefficient (Wildman–Crippen LogP) is -0.442. The van der Waals surface area contributed by atoms with Crippen molar-refractivity contribution in [3.8, 4) is 0 Å². The molecule has 7 heteroatoms. The summed E-state index contributed by atoms with van der Waals surface area (Å²) in [6.07, 6.45) is 2.13. The zero-order valence-corrected chi connectivity index (χ0v) is 12.1. The highest BCUT2D eigenvalue weighted by Crippen LogP contribution is 2.04. The molecule has 0 aliphatic carbocycles. The number of nitrogens with zero attached hydrogens (tertiary/aromatic N) is 1. The number of amides is 1. The molecule has 1 aliphatic rings. The third-order valence-corrected chi connectivity index (χ3v) is 3.90. The quantitative estimate of drug-likeness (QED) is 0.713. The molecule has 22 heavy (non-hydrogen) atoms. The first-order valence-corrected chi connectivity index (χ1v) is 7.37. The summed E-state index contributed by atoms with van der Waals surface area (Å²) >= 11 is 0. The number of benzene rings is 1. The third-order valence-electron chi connectivity index (χ3n) is 3.90. The number of aromatic amines is 1. The van der Waals surface area contributed by atoms with Gasteiger partial charge in [-0.2, -0.15) is 0 Å². The topological polar surface area (TPSA) is 96.0 Å². The summed E-state index contributed by atoms with van der Waals surface area (Å²) in [6.45, 7) is 1.20. The van der Waals surface area contributed by atoms with Crippen molar-refractivity contribution in [3.05, 3.63) is 45.1 Å². The van der Waals surface area contributed by atoms with E-state index in [1.807, 2.05) is 0 Å². The van der Waals surface area contributed by atoms with Gasteiger partial charge in [-0.3, -0.25) is 14.2 Å². The van der Waals surface area contributed by atoms with Crippen molar-refractivity contribution in [2.24, 2.45) is 0 Å². The van der Waals surface area contributed by atoms with Crippen molar-refractivity contribution in [2.75, 3.05) is 13.1 Å². The first-order chi connectivity index (χ1) is 10.6. The fraction of sp³-hybridized carbons (Fsp3) is 0.400. The zero-order valence-electron chi connectivity index (χ0n) is 12.1.